The van der Waals surface area contributed by atoms with E-state index in [1.54, 1.807) is 20.8 Å². The van der Waals surface area contributed by atoms with Gasteiger partial charge >= 0.3 is 0 Å². The van der Waals surface area contributed by atoms with Gasteiger partial charge in [-0.2, -0.15) is 5.26 Å². The summed E-state index contributed by atoms with van der Waals surface area (Å²) < 4.78 is 47.2. The number of nitrogens with zero attached hydrogens (tertiary/aromatic N) is 2. The molecular weight excluding hydrogens is 409 g/mol. The van der Waals surface area contributed by atoms with Crippen LogP contribution in [0.2, 0.25) is 5.02 Å². The van der Waals surface area contributed by atoms with Gasteiger partial charge in [-0.1, -0.05) is 17.7 Å². The van der Waals surface area contributed by atoms with E-state index >= 15 is 4.39 Å². The van der Waals surface area contributed by atoms with Crippen molar-refractivity contribution in [1.29, 1.82) is 5.26 Å². The minimum atomic E-state index is -3.05. The Morgan fingerprint density at radius 3 is 2.48 bits per heavy atom. The fourth-order valence-corrected chi connectivity index (χ4v) is 2.78. The van der Waals surface area contributed by atoms with Crippen LogP contribution in [-0.4, -0.2) is 16.5 Å². The number of rotatable bonds is 5. The topological polar surface area (TPSA) is 76.4 Å². The van der Waals surface area contributed by atoms with E-state index in [-0.39, 0.29) is 21.9 Å². The number of nitriles is 1. The highest BCUT2D eigenvalue weighted by atomic mass is 35.5. The van der Waals surface area contributed by atoms with E-state index in [4.69, 9.17) is 21.6 Å². The second-order valence-electron chi connectivity index (χ2n) is 7.17. The zero-order chi connectivity index (χ0) is 21.9. The van der Waals surface area contributed by atoms with Crippen molar-refractivity contribution in [2.75, 3.05) is 0 Å². The molecule has 29 heavy (non-hydrogen) atoms. The van der Waals surface area contributed by atoms with Crippen LogP contribution in [0.3, 0.4) is 0 Å². The van der Waals surface area contributed by atoms with Crippen LogP contribution in [0, 0.1) is 17.1 Å². The number of hydrogen-bond acceptors (Lipinski definition) is 4. The van der Waals surface area contributed by atoms with Crippen LogP contribution in [0.15, 0.2) is 30.3 Å². The van der Waals surface area contributed by atoms with Crippen LogP contribution in [0.5, 0.6) is 11.5 Å². The number of carbonyl (C=O) groups is 1. The van der Waals surface area contributed by atoms with Gasteiger partial charge in [0.2, 0.25) is 0 Å². The molecule has 9 heteroatoms. The van der Waals surface area contributed by atoms with Crippen molar-refractivity contribution in [2.45, 2.75) is 39.3 Å². The molecule has 0 fully saturated rings. The minimum absolute atomic E-state index is 0.0959. The Morgan fingerprint density at radius 1 is 1.31 bits per heavy atom. The highest BCUT2D eigenvalue weighted by Crippen LogP contribution is 2.37. The Labute approximate surface area is 170 Å². The highest BCUT2D eigenvalue weighted by molar-refractivity contribution is 6.30. The Balaban J connectivity index is 2.53. The van der Waals surface area contributed by atoms with E-state index in [0.29, 0.717) is 0 Å². The molecular formula is C20H17ClF3N2O3-. The second kappa shape index (κ2) is 8.62. The van der Waals surface area contributed by atoms with Gasteiger partial charge in [-0.25, -0.2) is 13.2 Å². The van der Waals surface area contributed by atoms with Crippen LogP contribution in [0.4, 0.5) is 18.0 Å². The van der Waals surface area contributed by atoms with E-state index in [1.807, 2.05) is 6.07 Å². The normalized spacial score (nSPS) is 11.3. The van der Waals surface area contributed by atoms with E-state index in [9.17, 15) is 18.7 Å². The molecule has 0 radical (unpaired) electrons. The van der Waals surface area contributed by atoms with Crippen molar-refractivity contribution in [3.63, 3.8) is 0 Å². The molecule has 0 atom stereocenters. The second-order valence-corrected chi connectivity index (χ2v) is 7.61. The molecule has 5 nitrogen and oxygen atoms in total. The lowest BCUT2D eigenvalue weighted by molar-refractivity contribution is -0.271. The fraction of sp³-hybridized carbons (Fsp3) is 0.300. The van der Waals surface area contributed by atoms with E-state index < -0.39 is 41.7 Å². The average molecular weight is 426 g/mol. The Hall–Kier alpha value is -2.92. The summed E-state index contributed by atoms with van der Waals surface area (Å²) in [5.74, 6) is -2.02. The van der Waals surface area contributed by atoms with E-state index in [0.717, 1.165) is 17.0 Å². The standard InChI is InChI=1S/C20H18ClF3N2O3/c1-20(2,3)26(19(27)28)10-12-4-5-15(18(23)24)17(16(12)22)29-14-7-11(9-25)6-13(21)8-14/h4-8,18H,10H2,1-3H3,(H,27,28)/p-1. The Bertz CT molecular complexity index is 969. The highest BCUT2D eigenvalue weighted by Gasteiger charge is 2.26. The summed E-state index contributed by atoms with van der Waals surface area (Å²) in [6, 6.07) is 7.65. The summed E-state index contributed by atoms with van der Waals surface area (Å²) >= 11 is 5.87. The minimum Gasteiger partial charge on any atom is -0.530 e. The molecule has 2 aromatic carbocycles. The van der Waals surface area contributed by atoms with Gasteiger partial charge in [0, 0.05) is 22.7 Å². The lowest BCUT2D eigenvalue weighted by Gasteiger charge is -2.38. The van der Waals surface area contributed by atoms with Crippen molar-refractivity contribution >= 4 is 17.7 Å². The van der Waals surface area contributed by atoms with Gasteiger partial charge < -0.3 is 19.5 Å². The number of halogens is 4. The van der Waals surface area contributed by atoms with Crippen LogP contribution < -0.4 is 9.84 Å². The molecule has 0 N–H and O–H groups in total. The van der Waals surface area contributed by atoms with Crippen molar-refractivity contribution in [2.24, 2.45) is 0 Å². The molecule has 0 aromatic heterocycles. The van der Waals surface area contributed by atoms with Crippen LogP contribution in [0.25, 0.3) is 0 Å². The lowest BCUT2D eigenvalue weighted by atomic mass is 10.0. The van der Waals surface area contributed by atoms with E-state index in [1.165, 1.54) is 18.2 Å². The Morgan fingerprint density at radius 2 is 1.97 bits per heavy atom. The Kier molecular flexibility index (Phi) is 6.65. The van der Waals surface area contributed by atoms with Gasteiger partial charge in [-0.05, 0) is 45.0 Å². The number of carbonyl (C=O) groups excluding carboxylic acids is 1. The number of amides is 1. The summed E-state index contributed by atoms with van der Waals surface area (Å²) in [5, 5.41) is 20.5. The van der Waals surface area contributed by atoms with Crippen LogP contribution >= 0.6 is 11.6 Å². The smallest absolute Gasteiger partial charge is 0.267 e. The number of ether oxygens (including phenoxy) is 1. The zero-order valence-corrected chi connectivity index (χ0v) is 16.6. The summed E-state index contributed by atoms with van der Waals surface area (Å²) in [5.41, 5.74) is -1.72. The molecule has 154 valence electrons. The summed E-state index contributed by atoms with van der Waals surface area (Å²) in [6.45, 7) is 4.32. The lowest BCUT2D eigenvalue weighted by Crippen LogP contribution is -2.51. The van der Waals surface area contributed by atoms with Gasteiger partial charge in [0.15, 0.2) is 11.6 Å². The predicted molar refractivity (Wildman–Crippen MR) is 98.3 cm³/mol. The first-order valence-electron chi connectivity index (χ1n) is 8.40. The molecule has 1 amide bonds. The molecule has 0 aliphatic heterocycles. The molecule has 0 bridgehead atoms. The summed E-state index contributed by atoms with van der Waals surface area (Å²) in [4.78, 5) is 12.3. The summed E-state index contributed by atoms with van der Waals surface area (Å²) in [7, 11) is 0. The maximum absolute atomic E-state index is 15.1. The number of hydrogen-bond donors (Lipinski definition) is 0. The van der Waals surface area contributed by atoms with Crippen molar-refractivity contribution in [3.8, 4) is 17.6 Å². The van der Waals surface area contributed by atoms with Gasteiger partial charge in [0.25, 0.3) is 6.43 Å². The zero-order valence-electron chi connectivity index (χ0n) is 15.8. The third-order valence-corrected chi connectivity index (χ3v) is 4.24. The third-order valence-electron chi connectivity index (χ3n) is 4.02. The molecule has 0 spiro atoms. The van der Waals surface area contributed by atoms with Gasteiger partial charge in [0.05, 0.1) is 17.2 Å². The van der Waals surface area contributed by atoms with Gasteiger partial charge in [-0.3, -0.25) is 0 Å². The first-order valence-corrected chi connectivity index (χ1v) is 8.78. The van der Waals surface area contributed by atoms with Crippen LogP contribution in [0.1, 0.15) is 43.9 Å². The molecule has 2 rings (SSSR count). The molecule has 0 unspecified atom stereocenters. The number of benzene rings is 2. The fourth-order valence-electron chi connectivity index (χ4n) is 2.56. The van der Waals surface area contributed by atoms with E-state index in [2.05, 4.69) is 0 Å². The monoisotopic (exact) mass is 425 g/mol. The first-order chi connectivity index (χ1) is 13.4. The molecule has 0 saturated carbocycles. The quantitative estimate of drug-likeness (QED) is 0.673. The SMILES string of the molecule is CC(C)(C)N(Cc1ccc(C(F)F)c(Oc2cc(Cl)cc(C#N)c2)c1F)C(=O)[O-]. The van der Waals surface area contributed by atoms with Gasteiger partial charge in [-0.15, -0.1) is 0 Å². The largest absolute Gasteiger partial charge is 0.530 e. The van der Waals surface area contributed by atoms with Crippen LogP contribution in [-0.2, 0) is 6.54 Å². The third kappa shape index (κ3) is 5.33. The number of carboxylic acid groups (broad SMARTS) is 1. The molecule has 2 aromatic rings. The average Bonchev–Trinajstić information content (AvgIpc) is 2.60. The number of alkyl halides is 2. The van der Waals surface area contributed by atoms with Crippen molar-refractivity contribution in [1.82, 2.24) is 4.90 Å². The summed E-state index contributed by atoms with van der Waals surface area (Å²) in [6.07, 6.45) is -4.59. The van der Waals surface area contributed by atoms with Crippen molar-refractivity contribution < 1.29 is 27.8 Å². The maximum atomic E-state index is 15.1. The predicted octanol–water partition coefficient (Wildman–Crippen LogP) is 5.02. The molecule has 0 heterocycles. The molecule has 0 aliphatic carbocycles. The first kappa shape index (κ1) is 22.4. The maximum Gasteiger partial charge on any atom is 0.267 e. The molecule has 0 aliphatic rings. The van der Waals surface area contributed by atoms with Crippen molar-refractivity contribution in [3.05, 3.63) is 57.9 Å². The van der Waals surface area contributed by atoms with Gasteiger partial charge in [0.1, 0.15) is 11.8 Å². The molecule has 0 saturated heterocycles.